The Balaban J connectivity index is 1.51. The molecule has 1 aliphatic heterocycles. The third kappa shape index (κ3) is 4.07. The minimum atomic E-state index is -0.547. The fraction of sp³-hybridized carbons (Fsp3) is 0.0455. The van der Waals surface area contributed by atoms with Crippen LogP contribution in [0.2, 0.25) is 10.0 Å². The van der Waals surface area contributed by atoms with Crippen molar-refractivity contribution in [2.45, 2.75) is 0 Å². The van der Waals surface area contributed by atoms with Crippen LogP contribution < -0.4 is 5.32 Å². The highest BCUT2D eigenvalue weighted by atomic mass is 35.5. The van der Waals surface area contributed by atoms with E-state index in [2.05, 4.69) is 5.32 Å². The van der Waals surface area contributed by atoms with Crippen molar-refractivity contribution in [3.8, 4) is 0 Å². The number of hydrogen-bond donors (Lipinski definition) is 1. The van der Waals surface area contributed by atoms with E-state index in [4.69, 9.17) is 23.2 Å². The number of fused-ring (bicyclic) bond motifs is 1. The average molecular weight is 457 g/mol. The van der Waals surface area contributed by atoms with Gasteiger partial charge in [-0.3, -0.25) is 19.3 Å². The zero-order chi connectivity index (χ0) is 21.3. The molecule has 0 unspecified atom stereocenters. The lowest BCUT2D eigenvalue weighted by Gasteiger charge is -2.13. The standard InChI is InChI=1S/C22H14Cl2N2O3S/c23-16-9-3-7-14(20(16)24)11-18-21(28)26(22(29)30-18)12-19(27)25-17-10-4-6-13-5-1-2-8-15(13)17/h1-11H,12H2,(H,25,27)/b18-11+. The molecule has 3 aromatic carbocycles. The summed E-state index contributed by atoms with van der Waals surface area (Å²) < 4.78 is 0. The van der Waals surface area contributed by atoms with Crippen LogP contribution in [0.1, 0.15) is 5.56 Å². The van der Waals surface area contributed by atoms with Crippen molar-refractivity contribution >= 4 is 74.6 Å². The second-order valence-corrected chi connectivity index (χ2v) is 8.26. The quantitative estimate of drug-likeness (QED) is 0.502. The molecular formula is C22H14Cl2N2O3S. The van der Waals surface area contributed by atoms with Gasteiger partial charge in [-0.25, -0.2) is 0 Å². The molecule has 1 heterocycles. The van der Waals surface area contributed by atoms with Gasteiger partial charge < -0.3 is 5.32 Å². The number of carbonyl (C=O) groups excluding carboxylic acids is 3. The molecule has 0 atom stereocenters. The summed E-state index contributed by atoms with van der Waals surface area (Å²) in [6.07, 6.45) is 1.50. The highest BCUT2D eigenvalue weighted by Gasteiger charge is 2.36. The van der Waals surface area contributed by atoms with E-state index in [1.54, 1.807) is 24.3 Å². The first kappa shape index (κ1) is 20.5. The molecule has 0 aromatic heterocycles. The van der Waals surface area contributed by atoms with E-state index in [1.165, 1.54) is 6.08 Å². The summed E-state index contributed by atoms with van der Waals surface area (Å²) in [7, 11) is 0. The lowest BCUT2D eigenvalue weighted by Crippen LogP contribution is -2.36. The fourth-order valence-corrected chi connectivity index (χ4v) is 4.27. The molecule has 30 heavy (non-hydrogen) atoms. The molecule has 1 N–H and O–H groups in total. The van der Waals surface area contributed by atoms with Gasteiger partial charge in [0.1, 0.15) is 6.54 Å². The van der Waals surface area contributed by atoms with Gasteiger partial charge >= 0.3 is 0 Å². The van der Waals surface area contributed by atoms with Gasteiger partial charge in [0.25, 0.3) is 11.1 Å². The first-order valence-electron chi connectivity index (χ1n) is 8.91. The van der Waals surface area contributed by atoms with E-state index < -0.39 is 17.1 Å². The molecule has 0 aliphatic carbocycles. The average Bonchev–Trinajstić information content (AvgIpc) is 2.99. The van der Waals surface area contributed by atoms with Crippen LogP contribution in [-0.4, -0.2) is 28.5 Å². The summed E-state index contributed by atoms with van der Waals surface area (Å²) in [6.45, 7) is -0.380. The number of nitrogens with zero attached hydrogens (tertiary/aromatic N) is 1. The monoisotopic (exact) mass is 456 g/mol. The second-order valence-electron chi connectivity index (χ2n) is 6.49. The van der Waals surface area contributed by atoms with Gasteiger partial charge in [0, 0.05) is 11.1 Å². The van der Waals surface area contributed by atoms with Crippen LogP contribution in [0.5, 0.6) is 0 Å². The summed E-state index contributed by atoms with van der Waals surface area (Å²) in [6, 6.07) is 18.2. The van der Waals surface area contributed by atoms with E-state index >= 15 is 0 Å². The third-order valence-electron chi connectivity index (χ3n) is 4.51. The van der Waals surface area contributed by atoms with Crippen LogP contribution in [0.4, 0.5) is 10.5 Å². The topological polar surface area (TPSA) is 66.5 Å². The smallest absolute Gasteiger partial charge is 0.294 e. The minimum absolute atomic E-state index is 0.183. The molecule has 4 rings (SSSR count). The van der Waals surface area contributed by atoms with Crippen molar-refractivity contribution in [2.75, 3.05) is 11.9 Å². The second kappa shape index (κ2) is 8.52. The van der Waals surface area contributed by atoms with Gasteiger partial charge in [-0.15, -0.1) is 0 Å². The van der Waals surface area contributed by atoms with E-state index in [0.29, 0.717) is 21.3 Å². The van der Waals surface area contributed by atoms with Crippen LogP contribution in [0.3, 0.4) is 0 Å². The van der Waals surface area contributed by atoms with Crippen LogP contribution in [0.15, 0.2) is 65.6 Å². The summed E-state index contributed by atoms with van der Waals surface area (Å²) in [5.74, 6) is -1.01. The number of anilines is 1. The number of benzene rings is 3. The molecule has 1 saturated heterocycles. The molecule has 5 nitrogen and oxygen atoms in total. The normalized spacial score (nSPS) is 15.3. The lowest BCUT2D eigenvalue weighted by molar-refractivity contribution is -0.127. The molecule has 1 fully saturated rings. The minimum Gasteiger partial charge on any atom is -0.324 e. The van der Waals surface area contributed by atoms with E-state index in [1.807, 2.05) is 36.4 Å². The maximum absolute atomic E-state index is 12.7. The number of halogens is 2. The van der Waals surface area contributed by atoms with Gasteiger partial charge in [-0.05, 0) is 40.9 Å². The number of nitrogens with one attached hydrogen (secondary N) is 1. The Morgan fingerprint density at radius 3 is 2.57 bits per heavy atom. The first-order chi connectivity index (χ1) is 14.4. The number of imide groups is 1. The van der Waals surface area contributed by atoms with Crippen LogP contribution >= 0.6 is 35.0 Å². The SMILES string of the molecule is O=C(CN1C(=O)S/C(=C/c2cccc(Cl)c2Cl)C1=O)Nc1cccc2ccccc12. The zero-order valence-electron chi connectivity index (χ0n) is 15.4. The predicted molar refractivity (Wildman–Crippen MR) is 122 cm³/mol. The summed E-state index contributed by atoms with van der Waals surface area (Å²) in [4.78, 5) is 38.6. The summed E-state index contributed by atoms with van der Waals surface area (Å²) in [5, 5.41) is 4.75. The fourth-order valence-electron chi connectivity index (χ4n) is 3.08. The lowest BCUT2D eigenvalue weighted by atomic mass is 10.1. The molecule has 0 spiro atoms. The van der Waals surface area contributed by atoms with Crippen LogP contribution in [0, 0.1) is 0 Å². The van der Waals surface area contributed by atoms with Crippen molar-refractivity contribution in [3.63, 3.8) is 0 Å². The Morgan fingerprint density at radius 1 is 1.00 bits per heavy atom. The summed E-state index contributed by atoms with van der Waals surface area (Å²) in [5.41, 5.74) is 1.14. The van der Waals surface area contributed by atoms with Gasteiger partial charge in [0.15, 0.2) is 0 Å². The van der Waals surface area contributed by atoms with Crippen molar-refractivity contribution in [1.29, 1.82) is 0 Å². The molecule has 150 valence electrons. The number of hydrogen-bond acceptors (Lipinski definition) is 4. The number of rotatable bonds is 4. The Kier molecular flexibility index (Phi) is 5.81. The molecule has 3 amide bonds. The molecule has 3 aromatic rings. The molecule has 0 radical (unpaired) electrons. The predicted octanol–water partition coefficient (Wildman–Crippen LogP) is 5.82. The van der Waals surface area contributed by atoms with Gasteiger partial charge in [0.05, 0.1) is 15.0 Å². The highest BCUT2D eigenvalue weighted by Crippen LogP contribution is 2.35. The van der Waals surface area contributed by atoms with Crippen molar-refractivity contribution in [3.05, 3.63) is 81.2 Å². The number of thioether (sulfide) groups is 1. The van der Waals surface area contributed by atoms with Crippen molar-refractivity contribution in [2.24, 2.45) is 0 Å². The van der Waals surface area contributed by atoms with Crippen LogP contribution in [-0.2, 0) is 9.59 Å². The third-order valence-corrected chi connectivity index (χ3v) is 6.25. The van der Waals surface area contributed by atoms with E-state index in [9.17, 15) is 14.4 Å². The molecule has 8 heteroatoms. The van der Waals surface area contributed by atoms with Crippen LogP contribution in [0.25, 0.3) is 16.8 Å². The number of amides is 3. The Bertz CT molecular complexity index is 1220. The maximum Gasteiger partial charge on any atom is 0.294 e. The Hall–Kier alpha value is -2.80. The number of carbonyl (C=O) groups is 3. The maximum atomic E-state index is 12.7. The first-order valence-corrected chi connectivity index (χ1v) is 10.5. The Morgan fingerprint density at radius 2 is 1.73 bits per heavy atom. The highest BCUT2D eigenvalue weighted by molar-refractivity contribution is 8.18. The van der Waals surface area contributed by atoms with Crippen molar-refractivity contribution < 1.29 is 14.4 Å². The Labute approximate surface area is 186 Å². The summed E-state index contributed by atoms with van der Waals surface area (Å²) >= 11 is 12.9. The zero-order valence-corrected chi connectivity index (χ0v) is 17.7. The van der Waals surface area contributed by atoms with Gasteiger partial charge in [-0.1, -0.05) is 71.7 Å². The molecule has 1 aliphatic rings. The molecule has 0 saturated carbocycles. The van der Waals surface area contributed by atoms with Gasteiger partial charge in [-0.2, -0.15) is 0 Å². The van der Waals surface area contributed by atoms with E-state index in [-0.39, 0.29) is 11.4 Å². The molecular weight excluding hydrogens is 443 g/mol. The van der Waals surface area contributed by atoms with Crippen molar-refractivity contribution in [1.82, 2.24) is 4.90 Å². The van der Waals surface area contributed by atoms with Gasteiger partial charge in [0.2, 0.25) is 5.91 Å². The largest absolute Gasteiger partial charge is 0.324 e. The van der Waals surface area contributed by atoms with E-state index in [0.717, 1.165) is 27.4 Å². The molecule has 0 bridgehead atoms.